The first-order valence-electron chi connectivity index (χ1n) is 7.24. The second-order valence-corrected chi connectivity index (χ2v) is 8.55. The Labute approximate surface area is 129 Å². The van der Waals surface area contributed by atoms with E-state index in [0.29, 0.717) is 0 Å². The van der Waals surface area contributed by atoms with Gasteiger partial charge < -0.3 is 9.47 Å². The summed E-state index contributed by atoms with van der Waals surface area (Å²) in [5.41, 5.74) is 0.821. The lowest BCUT2D eigenvalue weighted by molar-refractivity contribution is -0.153. The third-order valence-electron chi connectivity index (χ3n) is 4.43. The Balaban J connectivity index is 1.73. The molecule has 3 rings (SSSR count). The van der Waals surface area contributed by atoms with Crippen molar-refractivity contribution in [3.05, 3.63) is 23.8 Å². The van der Waals surface area contributed by atoms with Gasteiger partial charge >= 0.3 is 0 Å². The average Bonchev–Trinajstić information content (AvgIpc) is 2.38. The summed E-state index contributed by atoms with van der Waals surface area (Å²) in [6.45, 7) is 2.57. The van der Waals surface area contributed by atoms with Gasteiger partial charge in [-0.2, -0.15) is 0 Å². The van der Waals surface area contributed by atoms with E-state index in [9.17, 15) is 8.42 Å². The molecule has 4 nitrogen and oxygen atoms in total. The Morgan fingerprint density at radius 3 is 2.71 bits per heavy atom. The van der Waals surface area contributed by atoms with Gasteiger partial charge in [-0.05, 0) is 49.9 Å². The maximum absolute atomic E-state index is 11.3. The summed E-state index contributed by atoms with van der Waals surface area (Å²) in [5.74, 6) is 0.723. The van der Waals surface area contributed by atoms with E-state index in [1.165, 1.54) is 12.5 Å². The molecule has 1 aliphatic carbocycles. The maximum Gasteiger partial charge on any atom is 0.261 e. The van der Waals surface area contributed by atoms with Gasteiger partial charge in [-0.1, -0.05) is 0 Å². The Kier molecular flexibility index (Phi) is 3.93. The molecule has 1 spiro atoms. The topological polar surface area (TPSA) is 52.6 Å². The van der Waals surface area contributed by atoms with Crippen LogP contribution < -0.4 is 4.74 Å². The lowest BCUT2D eigenvalue weighted by atomic mass is 9.74. The number of hydrogen-bond acceptors (Lipinski definition) is 4. The Morgan fingerprint density at radius 1 is 1.38 bits per heavy atom. The highest BCUT2D eigenvalue weighted by atomic mass is 35.7. The van der Waals surface area contributed by atoms with Gasteiger partial charge in [-0.3, -0.25) is 0 Å². The van der Waals surface area contributed by atoms with Gasteiger partial charge in [-0.25, -0.2) is 8.42 Å². The number of rotatable bonds is 3. The molecule has 1 aliphatic heterocycles. The molecule has 1 atom stereocenters. The van der Waals surface area contributed by atoms with Crippen LogP contribution in [0.5, 0.6) is 5.75 Å². The highest BCUT2D eigenvalue weighted by Crippen LogP contribution is 2.43. The summed E-state index contributed by atoms with van der Waals surface area (Å²) in [6, 6.07) is 4.73. The van der Waals surface area contributed by atoms with Gasteiger partial charge in [0.2, 0.25) is 0 Å². The third kappa shape index (κ3) is 3.20. The molecular formula is C15H19ClO4S. The molecule has 1 saturated carbocycles. The van der Waals surface area contributed by atoms with Gasteiger partial charge in [0.25, 0.3) is 9.05 Å². The fraction of sp³-hybridized carbons (Fsp3) is 0.600. The molecule has 0 radical (unpaired) electrons. The van der Waals surface area contributed by atoms with Crippen molar-refractivity contribution >= 4 is 19.7 Å². The van der Waals surface area contributed by atoms with Crippen molar-refractivity contribution in [1.29, 1.82) is 0 Å². The van der Waals surface area contributed by atoms with Crippen LogP contribution in [0.1, 0.15) is 37.7 Å². The Morgan fingerprint density at radius 2 is 2.14 bits per heavy atom. The fourth-order valence-electron chi connectivity index (χ4n) is 3.09. The van der Waals surface area contributed by atoms with Gasteiger partial charge in [0.05, 0.1) is 17.1 Å². The van der Waals surface area contributed by atoms with Gasteiger partial charge in [0.1, 0.15) is 11.9 Å². The molecule has 1 saturated heterocycles. The van der Waals surface area contributed by atoms with Crippen LogP contribution in [0, 0.1) is 6.92 Å². The monoisotopic (exact) mass is 330 g/mol. The molecule has 116 valence electrons. The summed E-state index contributed by atoms with van der Waals surface area (Å²) >= 11 is 0. The minimum Gasteiger partial charge on any atom is -0.490 e. The summed E-state index contributed by atoms with van der Waals surface area (Å²) in [6.07, 6.45) is 5.40. The zero-order valence-electron chi connectivity index (χ0n) is 12.0. The van der Waals surface area contributed by atoms with Crippen molar-refractivity contribution in [2.75, 3.05) is 6.61 Å². The third-order valence-corrected chi connectivity index (χ3v) is 5.79. The van der Waals surface area contributed by atoms with Crippen LogP contribution >= 0.6 is 10.7 Å². The van der Waals surface area contributed by atoms with Crippen molar-refractivity contribution in [3.8, 4) is 5.75 Å². The predicted molar refractivity (Wildman–Crippen MR) is 80.4 cm³/mol. The maximum atomic E-state index is 11.3. The molecule has 0 aromatic heterocycles. The van der Waals surface area contributed by atoms with Crippen LogP contribution in [0.4, 0.5) is 0 Å². The summed E-state index contributed by atoms with van der Waals surface area (Å²) in [4.78, 5) is 0.108. The first-order chi connectivity index (χ1) is 9.88. The second kappa shape index (κ2) is 5.45. The first kappa shape index (κ1) is 15.1. The van der Waals surface area contributed by atoms with E-state index < -0.39 is 9.05 Å². The number of hydrogen-bond donors (Lipinski definition) is 0. The number of benzene rings is 1. The predicted octanol–water partition coefficient (Wildman–Crippen LogP) is 3.40. The zero-order chi connectivity index (χ0) is 15.1. The van der Waals surface area contributed by atoms with Crippen LogP contribution in [-0.2, 0) is 13.8 Å². The molecule has 0 N–H and O–H groups in total. The number of ether oxygens (including phenoxy) is 2. The van der Waals surface area contributed by atoms with Crippen LogP contribution in [0.2, 0.25) is 0 Å². The van der Waals surface area contributed by atoms with E-state index in [1.54, 1.807) is 12.1 Å². The van der Waals surface area contributed by atoms with Crippen LogP contribution in [0.15, 0.2) is 23.1 Å². The Bertz CT molecular complexity index is 637. The number of aryl methyl sites for hydroxylation is 1. The quantitative estimate of drug-likeness (QED) is 0.797. The fourth-order valence-corrected chi connectivity index (χ4v) is 3.92. The molecule has 0 amide bonds. The van der Waals surface area contributed by atoms with Crippen LogP contribution in [0.25, 0.3) is 0 Å². The molecule has 2 fully saturated rings. The second-order valence-electron chi connectivity index (χ2n) is 5.98. The van der Waals surface area contributed by atoms with Crippen LogP contribution in [0.3, 0.4) is 0 Å². The van der Waals surface area contributed by atoms with Gasteiger partial charge in [-0.15, -0.1) is 0 Å². The minimum absolute atomic E-state index is 0.0379. The van der Waals surface area contributed by atoms with E-state index in [1.807, 2.05) is 6.92 Å². The average molecular weight is 331 g/mol. The van der Waals surface area contributed by atoms with E-state index in [4.69, 9.17) is 20.2 Å². The van der Waals surface area contributed by atoms with Gasteiger partial charge in [0, 0.05) is 23.5 Å². The smallest absolute Gasteiger partial charge is 0.261 e. The first-order valence-corrected chi connectivity index (χ1v) is 9.55. The zero-order valence-corrected chi connectivity index (χ0v) is 13.5. The Hall–Kier alpha value is -0.780. The molecule has 1 heterocycles. The number of halogens is 1. The molecule has 1 aromatic rings. The van der Waals surface area contributed by atoms with Crippen molar-refractivity contribution in [2.45, 2.75) is 55.6 Å². The van der Waals surface area contributed by atoms with Crippen molar-refractivity contribution in [1.82, 2.24) is 0 Å². The normalized spacial score (nSPS) is 24.6. The van der Waals surface area contributed by atoms with E-state index in [2.05, 4.69) is 0 Å². The van der Waals surface area contributed by atoms with E-state index >= 15 is 0 Å². The molecule has 0 bridgehead atoms. The summed E-state index contributed by atoms with van der Waals surface area (Å²) in [5, 5.41) is 0. The molecule has 1 unspecified atom stereocenters. The largest absolute Gasteiger partial charge is 0.490 e. The summed E-state index contributed by atoms with van der Waals surface area (Å²) < 4.78 is 34.6. The lowest BCUT2D eigenvalue weighted by Gasteiger charge is -2.47. The van der Waals surface area contributed by atoms with E-state index in [0.717, 1.165) is 43.6 Å². The molecular weight excluding hydrogens is 312 g/mol. The van der Waals surface area contributed by atoms with Crippen molar-refractivity contribution in [2.24, 2.45) is 0 Å². The highest BCUT2D eigenvalue weighted by molar-refractivity contribution is 8.13. The van der Waals surface area contributed by atoms with Crippen molar-refractivity contribution < 1.29 is 17.9 Å². The standard InChI is InChI=1S/C15H19ClO4S/c1-11-9-13(21(16,17)18)3-4-14(11)20-12-5-8-19-15(10-12)6-2-7-15/h3-4,9,12H,2,5-8,10H2,1H3. The highest BCUT2D eigenvalue weighted by Gasteiger charge is 2.43. The molecule has 1 aromatic carbocycles. The minimum atomic E-state index is -3.69. The lowest BCUT2D eigenvalue weighted by Crippen LogP contribution is -2.48. The van der Waals surface area contributed by atoms with Crippen LogP contribution in [-0.4, -0.2) is 26.7 Å². The van der Waals surface area contributed by atoms with Crippen molar-refractivity contribution in [3.63, 3.8) is 0 Å². The molecule has 2 aliphatic rings. The molecule has 21 heavy (non-hydrogen) atoms. The SMILES string of the molecule is Cc1cc(S(=O)(=O)Cl)ccc1OC1CCOC2(CCC2)C1. The van der Waals surface area contributed by atoms with E-state index in [-0.39, 0.29) is 16.6 Å². The summed E-state index contributed by atoms with van der Waals surface area (Å²) in [7, 11) is 1.66. The van der Waals surface area contributed by atoms with Gasteiger partial charge in [0.15, 0.2) is 0 Å². The molecule has 6 heteroatoms.